The molecule has 2 aromatic carbocycles. The van der Waals surface area contributed by atoms with E-state index in [2.05, 4.69) is 15.9 Å². The summed E-state index contributed by atoms with van der Waals surface area (Å²) >= 11 is 3.37. The molecule has 27 heavy (non-hydrogen) atoms. The number of fused-ring (bicyclic) bond motifs is 1. The molecule has 1 amide bonds. The molecule has 2 aromatic rings. The summed E-state index contributed by atoms with van der Waals surface area (Å²) in [6, 6.07) is 11.1. The van der Waals surface area contributed by atoms with Crippen molar-refractivity contribution in [1.29, 1.82) is 0 Å². The predicted octanol–water partition coefficient (Wildman–Crippen LogP) is 3.83. The second-order valence-electron chi connectivity index (χ2n) is 6.26. The number of rotatable bonds is 6. The van der Waals surface area contributed by atoms with Gasteiger partial charge in [-0.1, -0.05) is 18.2 Å². The topological polar surface area (TPSA) is 66.8 Å². The van der Waals surface area contributed by atoms with E-state index in [0.29, 0.717) is 34.3 Å². The molecule has 0 aromatic heterocycles. The van der Waals surface area contributed by atoms with E-state index in [0.717, 1.165) is 23.0 Å². The van der Waals surface area contributed by atoms with Gasteiger partial charge in [0.05, 0.1) is 24.1 Å². The van der Waals surface area contributed by atoms with E-state index >= 15 is 0 Å². The Bertz CT molecular complexity index is 907. The summed E-state index contributed by atoms with van der Waals surface area (Å²) in [6.07, 6.45) is 3.09. The molecule has 0 unspecified atom stereocenters. The van der Waals surface area contributed by atoms with Crippen molar-refractivity contribution < 1.29 is 19.4 Å². The van der Waals surface area contributed by atoms with Gasteiger partial charge in [0.2, 0.25) is 0 Å². The van der Waals surface area contributed by atoms with Gasteiger partial charge in [-0.3, -0.25) is 9.59 Å². The summed E-state index contributed by atoms with van der Waals surface area (Å²) in [5.74, 6) is -0.109. The molecule has 0 saturated carbocycles. The summed E-state index contributed by atoms with van der Waals surface area (Å²) in [7, 11) is 0. The molecular weight excluding hydrogens is 410 g/mol. The molecule has 6 heteroatoms. The zero-order chi connectivity index (χ0) is 19.4. The molecule has 0 fully saturated rings. The summed E-state index contributed by atoms with van der Waals surface area (Å²) in [4.78, 5) is 26.1. The van der Waals surface area contributed by atoms with Crippen molar-refractivity contribution in [2.24, 2.45) is 0 Å². The van der Waals surface area contributed by atoms with Crippen LogP contribution in [0.25, 0.3) is 5.57 Å². The highest BCUT2D eigenvalue weighted by atomic mass is 79.9. The van der Waals surface area contributed by atoms with Crippen molar-refractivity contribution in [3.8, 4) is 0 Å². The molecule has 0 saturated heterocycles. The molecule has 3 rings (SSSR count). The Labute approximate surface area is 166 Å². The number of hydrogen-bond donors (Lipinski definition) is 1. The lowest BCUT2D eigenvalue weighted by molar-refractivity contribution is 0.0980. The molecule has 0 spiro atoms. The molecule has 1 aliphatic heterocycles. The van der Waals surface area contributed by atoms with Crippen LogP contribution in [0.4, 0.5) is 5.69 Å². The summed E-state index contributed by atoms with van der Waals surface area (Å²) in [6.45, 7) is 2.66. The molecule has 140 valence electrons. The Morgan fingerprint density at radius 1 is 1.33 bits per heavy atom. The van der Waals surface area contributed by atoms with Gasteiger partial charge < -0.3 is 14.7 Å². The summed E-state index contributed by atoms with van der Waals surface area (Å²) in [5, 5.41) is 8.79. The minimum Gasteiger partial charge on any atom is -0.499 e. The maximum absolute atomic E-state index is 13.0. The number of allylic oxidation sites excluding steroid dienone is 1. The average Bonchev–Trinajstić information content (AvgIpc) is 2.68. The van der Waals surface area contributed by atoms with Crippen molar-refractivity contribution in [2.75, 3.05) is 24.7 Å². The van der Waals surface area contributed by atoms with Gasteiger partial charge in [-0.25, -0.2) is 0 Å². The molecule has 1 heterocycles. The molecule has 0 bridgehead atoms. The molecule has 1 N–H and O–H groups in total. The minimum atomic E-state index is -0.109. The summed E-state index contributed by atoms with van der Waals surface area (Å²) in [5.41, 5.74) is 4.62. The Morgan fingerprint density at radius 3 is 2.89 bits per heavy atom. The van der Waals surface area contributed by atoms with Crippen LogP contribution in [0.3, 0.4) is 0 Å². The molecule has 5 nitrogen and oxygen atoms in total. The van der Waals surface area contributed by atoms with E-state index in [9.17, 15) is 9.59 Å². The van der Waals surface area contributed by atoms with Gasteiger partial charge in [0, 0.05) is 16.6 Å². The van der Waals surface area contributed by atoms with E-state index in [1.54, 1.807) is 23.3 Å². The van der Waals surface area contributed by atoms with Gasteiger partial charge >= 0.3 is 0 Å². The van der Waals surface area contributed by atoms with Crippen LogP contribution in [0, 0.1) is 0 Å². The highest BCUT2D eigenvalue weighted by Gasteiger charge is 2.27. The number of halogens is 1. The first-order valence-electron chi connectivity index (χ1n) is 8.65. The Hall–Kier alpha value is -2.44. The van der Waals surface area contributed by atoms with Crippen molar-refractivity contribution in [1.82, 2.24) is 0 Å². The van der Waals surface area contributed by atoms with Crippen LogP contribution < -0.4 is 4.90 Å². The number of nitrogens with zero attached hydrogens (tertiary/aromatic N) is 1. The average molecular weight is 430 g/mol. The zero-order valence-electron chi connectivity index (χ0n) is 14.9. The van der Waals surface area contributed by atoms with Gasteiger partial charge in [-0.2, -0.15) is 0 Å². The van der Waals surface area contributed by atoms with E-state index in [-0.39, 0.29) is 19.1 Å². The molecule has 0 aliphatic carbocycles. The summed E-state index contributed by atoms with van der Waals surface area (Å²) < 4.78 is 5.92. The van der Waals surface area contributed by atoms with Gasteiger partial charge in [-0.05, 0) is 64.2 Å². The Morgan fingerprint density at radius 2 is 2.15 bits per heavy atom. The van der Waals surface area contributed by atoms with E-state index < -0.39 is 0 Å². The third kappa shape index (κ3) is 3.96. The van der Waals surface area contributed by atoms with Crippen LogP contribution in [0.15, 0.2) is 47.1 Å². The van der Waals surface area contributed by atoms with Crippen LogP contribution in [0.1, 0.15) is 38.8 Å². The number of benzene rings is 2. The largest absolute Gasteiger partial charge is 0.499 e. The van der Waals surface area contributed by atoms with Gasteiger partial charge in [0.1, 0.15) is 6.61 Å². The number of hydrogen-bond acceptors (Lipinski definition) is 4. The van der Waals surface area contributed by atoms with Crippen LogP contribution in [-0.2, 0) is 11.2 Å². The van der Waals surface area contributed by atoms with Gasteiger partial charge in [-0.15, -0.1) is 0 Å². The quantitative estimate of drug-likeness (QED) is 0.430. The van der Waals surface area contributed by atoms with E-state index in [1.807, 2.05) is 31.2 Å². The third-order valence-electron chi connectivity index (χ3n) is 4.55. The number of carbonyl (C=O) groups is 2. The Kier molecular flexibility index (Phi) is 6.08. The number of aliphatic hydroxyl groups is 1. The van der Waals surface area contributed by atoms with Gasteiger partial charge in [0.15, 0.2) is 6.29 Å². The number of carbonyl (C=O) groups excluding carboxylic acids is 2. The second kappa shape index (κ2) is 8.50. The monoisotopic (exact) mass is 429 g/mol. The second-order valence-corrected chi connectivity index (χ2v) is 7.12. The third-order valence-corrected chi connectivity index (χ3v) is 5.24. The lowest BCUT2D eigenvalue weighted by Gasteiger charge is -2.30. The fourth-order valence-electron chi connectivity index (χ4n) is 3.15. The predicted molar refractivity (Wildman–Crippen MR) is 108 cm³/mol. The first-order valence-corrected chi connectivity index (χ1v) is 9.44. The number of amides is 1. The number of ether oxygens (including phenoxy) is 1. The molecule has 0 atom stereocenters. The first kappa shape index (κ1) is 19.3. The standard InChI is InChI=1S/C21H20BrNO4/c1-14(13-27-10-9-24)15-5-6-17-16(11-15)7-8-23(21(17)26)20-4-2-3-19(22)18(20)12-25/h2-6,11-13,24H,7-10H2,1H3/b14-13-. The maximum Gasteiger partial charge on any atom is 0.258 e. The van der Waals surface area contributed by atoms with Crippen LogP contribution in [-0.4, -0.2) is 37.1 Å². The van der Waals surface area contributed by atoms with Crippen molar-refractivity contribution in [2.45, 2.75) is 13.3 Å². The highest BCUT2D eigenvalue weighted by molar-refractivity contribution is 9.10. The molecular formula is C21H20BrNO4. The maximum atomic E-state index is 13.0. The number of anilines is 1. The number of aldehydes is 1. The molecule has 1 aliphatic rings. The van der Waals surface area contributed by atoms with Crippen molar-refractivity contribution in [3.05, 3.63) is 69.4 Å². The lowest BCUT2D eigenvalue weighted by Crippen LogP contribution is -2.38. The van der Waals surface area contributed by atoms with Crippen molar-refractivity contribution in [3.63, 3.8) is 0 Å². The highest BCUT2D eigenvalue weighted by Crippen LogP contribution is 2.31. The normalized spacial score (nSPS) is 14.1. The zero-order valence-corrected chi connectivity index (χ0v) is 16.5. The van der Waals surface area contributed by atoms with E-state index in [1.165, 1.54) is 0 Å². The van der Waals surface area contributed by atoms with E-state index in [4.69, 9.17) is 9.84 Å². The smallest absolute Gasteiger partial charge is 0.258 e. The fraction of sp³-hybridized carbons (Fsp3) is 0.238. The SMILES string of the molecule is C/C(=C/OCCO)c1ccc2c(c1)CCN(c1cccc(Br)c1C=O)C2=O. The Balaban J connectivity index is 1.90. The van der Waals surface area contributed by atoms with Crippen LogP contribution in [0.5, 0.6) is 0 Å². The lowest BCUT2D eigenvalue weighted by atomic mass is 9.94. The number of aliphatic hydroxyl groups excluding tert-OH is 1. The minimum absolute atomic E-state index is 0.0311. The fourth-order valence-corrected chi connectivity index (χ4v) is 3.60. The van der Waals surface area contributed by atoms with Crippen LogP contribution in [0.2, 0.25) is 0 Å². The first-order chi connectivity index (χ1) is 13.1. The van der Waals surface area contributed by atoms with Gasteiger partial charge in [0.25, 0.3) is 5.91 Å². The van der Waals surface area contributed by atoms with Crippen molar-refractivity contribution >= 4 is 39.4 Å². The molecule has 0 radical (unpaired) electrons. The van der Waals surface area contributed by atoms with Crippen LogP contribution >= 0.6 is 15.9 Å².